The molecular weight excluding hydrogens is 266 g/mol. The first-order valence-corrected chi connectivity index (χ1v) is 8.65. The summed E-state index contributed by atoms with van der Waals surface area (Å²) in [6.07, 6.45) is 10.4. The minimum absolute atomic E-state index is 0.0886. The van der Waals surface area contributed by atoms with Crippen molar-refractivity contribution in [1.29, 1.82) is 0 Å². The number of hydrogen-bond acceptors (Lipinski definition) is 2. The van der Waals surface area contributed by atoms with Crippen molar-refractivity contribution in [3.8, 4) is 0 Å². The molecule has 21 heavy (non-hydrogen) atoms. The molecule has 0 radical (unpaired) electrons. The van der Waals surface area contributed by atoms with E-state index in [1.807, 2.05) is 0 Å². The summed E-state index contributed by atoms with van der Waals surface area (Å²) < 4.78 is 0. The number of carbonyl (C=O) groups is 2. The van der Waals surface area contributed by atoms with E-state index in [1.54, 1.807) is 0 Å². The smallest absolute Gasteiger partial charge is 0.308 e. The third-order valence-electron chi connectivity index (χ3n) is 6.01. The van der Waals surface area contributed by atoms with Crippen molar-refractivity contribution in [3.05, 3.63) is 0 Å². The van der Waals surface area contributed by atoms with Gasteiger partial charge in [0.05, 0.1) is 5.92 Å². The zero-order valence-corrected chi connectivity index (χ0v) is 12.7. The third-order valence-corrected chi connectivity index (χ3v) is 6.01. The largest absolute Gasteiger partial charge is 0.481 e. The Morgan fingerprint density at radius 1 is 1.00 bits per heavy atom. The van der Waals surface area contributed by atoms with E-state index < -0.39 is 11.9 Å². The first-order chi connectivity index (χ1) is 10.1. The molecule has 3 aliphatic rings. The topological polar surface area (TPSA) is 66.4 Å². The summed E-state index contributed by atoms with van der Waals surface area (Å²) in [6.45, 7) is 0. The molecule has 0 aromatic carbocycles. The van der Waals surface area contributed by atoms with Crippen LogP contribution in [0, 0.1) is 23.7 Å². The summed E-state index contributed by atoms with van der Waals surface area (Å²) in [5.74, 6) is 1.12. The van der Waals surface area contributed by atoms with Crippen LogP contribution in [0.3, 0.4) is 0 Å². The van der Waals surface area contributed by atoms with Gasteiger partial charge in [-0.15, -0.1) is 0 Å². The molecule has 4 heteroatoms. The third kappa shape index (κ3) is 3.41. The van der Waals surface area contributed by atoms with Gasteiger partial charge in [0.15, 0.2) is 0 Å². The summed E-state index contributed by atoms with van der Waals surface area (Å²) in [5, 5.41) is 12.4. The number of fused-ring (bicyclic) bond motifs is 2. The van der Waals surface area contributed by atoms with Crippen LogP contribution in [0.25, 0.3) is 0 Å². The molecule has 118 valence electrons. The normalized spacial score (nSPS) is 39.0. The molecule has 5 atom stereocenters. The van der Waals surface area contributed by atoms with Gasteiger partial charge in [0.1, 0.15) is 0 Å². The molecule has 0 heterocycles. The van der Waals surface area contributed by atoms with Crippen LogP contribution < -0.4 is 5.32 Å². The van der Waals surface area contributed by atoms with Crippen molar-refractivity contribution < 1.29 is 14.7 Å². The SMILES string of the molecule is O=C(CC1CC2CCC1C2)N[C@H]1CCCCC[C@H]1C(=O)O. The molecule has 3 aliphatic carbocycles. The summed E-state index contributed by atoms with van der Waals surface area (Å²) in [6, 6.07) is -0.156. The van der Waals surface area contributed by atoms with Crippen LogP contribution >= 0.6 is 0 Å². The second kappa shape index (κ2) is 6.37. The predicted molar refractivity (Wildman–Crippen MR) is 79.7 cm³/mol. The molecule has 0 spiro atoms. The fourth-order valence-corrected chi connectivity index (χ4v) is 4.91. The average molecular weight is 293 g/mol. The summed E-state index contributed by atoms with van der Waals surface area (Å²) in [5.41, 5.74) is 0. The van der Waals surface area contributed by atoms with Gasteiger partial charge in [0.2, 0.25) is 5.91 Å². The van der Waals surface area contributed by atoms with Crippen molar-refractivity contribution in [3.63, 3.8) is 0 Å². The Morgan fingerprint density at radius 3 is 2.48 bits per heavy atom. The number of amides is 1. The number of rotatable bonds is 4. The second-order valence-corrected chi connectivity index (χ2v) is 7.40. The fourth-order valence-electron chi connectivity index (χ4n) is 4.91. The van der Waals surface area contributed by atoms with E-state index in [1.165, 1.54) is 25.7 Å². The lowest BCUT2D eigenvalue weighted by molar-refractivity contribution is -0.143. The Balaban J connectivity index is 1.53. The molecule has 2 bridgehead atoms. The maximum Gasteiger partial charge on any atom is 0.308 e. The first kappa shape index (κ1) is 14.9. The lowest BCUT2D eigenvalue weighted by Crippen LogP contribution is -2.43. The number of carbonyl (C=O) groups excluding carboxylic acids is 1. The highest BCUT2D eigenvalue weighted by Gasteiger charge is 2.40. The maximum atomic E-state index is 12.3. The lowest BCUT2D eigenvalue weighted by Gasteiger charge is -2.25. The van der Waals surface area contributed by atoms with Gasteiger partial charge < -0.3 is 10.4 Å². The van der Waals surface area contributed by atoms with Crippen LogP contribution in [0.4, 0.5) is 0 Å². The van der Waals surface area contributed by atoms with Crippen molar-refractivity contribution in [2.24, 2.45) is 23.7 Å². The summed E-state index contributed by atoms with van der Waals surface area (Å²) in [4.78, 5) is 23.7. The van der Waals surface area contributed by atoms with Crippen LogP contribution in [0.1, 0.15) is 64.2 Å². The molecule has 2 N–H and O–H groups in total. The monoisotopic (exact) mass is 293 g/mol. The van der Waals surface area contributed by atoms with Crippen molar-refractivity contribution >= 4 is 11.9 Å². The van der Waals surface area contributed by atoms with E-state index in [4.69, 9.17) is 0 Å². The highest BCUT2D eigenvalue weighted by molar-refractivity contribution is 5.78. The van der Waals surface area contributed by atoms with E-state index in [-0.39, 0.29) is 11.9 Å². The van der Waals surface area contributed by atoms with Crippen LogP contribution in [-0.2, 0) is 9.59 Å². The Labute approximate surface area is 126 Å². The summed E-state index contributed by atoms with van der Waals surface area (Å²) >= 11 is 0. The number of carboxylic acid groups (broad SMARTS) is 1. The first-order valence-electron chi connectivity index (χ1n) is 8.65. The van der Waals surface area contributed by atoms with E-state index in [2.05, 4.69) is 5.32 Å². The minimum atomic E-state index is -0.748. The molecule has 0 aromatic rings. The Kier molecular flexibility index (Phi) is 4.51. The Bertz CT molecular complexity index is 409. The zero-order chi connectivity index (χ0) is 14.8. The van der Waals surface area contributed by atoms with Gasteiger partial charge in [-0.05, 0) is 49.9 Å². The van der Waals surface area contributed by atoms with Gasteiger partial charge in [-0.2, -0.15) is 0 Å². The molecule has 0 aliphatic heterocycles. The quantitative estimate of drug-likeness (QED) is 0.783. The Morgan fingerprint density at radius 2 is 1.81 bits per heavy atom. The van der Waals surface area contributed by atoms with Crippen LogP contribution in [0.15, 0.2) is 0 Å². The van der Waals surface area contributed by atoms with Crippen LogP contribution in [-0.4, -0.2) is 23.0 Å². The molecule has 3 unspecified atom stereocenters. The van der Waals surface area contributed by atoms with Crippen molar-refractivity contribution in [2.75, 3.05) is 0 Å². The van der Waals surface area contributed by atoms with E-state index >= 15 is 0 Å². The number of carboxylic acids is 1. The zero-order valence-electron chi connectivity index (χ0n) is 12.7. The number of nitrogens with one attached hydrogen (secondary N) is 1. The van der Waals surface area contributed by atoms with E-state index in [0.717, 1.165) is 37.5 Å². The maximum absolute atomic E-state index is 12.3. The molecule has 3 saturated carbocycles. The predicted octanol–water partition coefficient (Wildman–Crippen LogP) is 2.96. The van der Waals surface area contributed by atoms with Crippen LogP contribution in [0.5, 0.6) is 0 Å². The molecule has 4 nitrogen and oxygen atoms in total. The van der Waals surface area contributed by atoms with E-state index in [9.17, 15) is 14.7 Å². The van der Waals surface area contributed by atoms with Gasteiger partial charge >= 0.3 is 5.97 Å². The van der Waals surface area contributed by atoms with Crippen LogP contribution in [0.2, 0.25) is 0 Å². The highest BCUT2D eigenvalue weighted by atomic mass is 16.4. The molecular formula is C17H27NO3. The molecule has 0 saturated heterocycles. The van der Waals surface area contributed by atoms with Gasteiger partial charge in [-0.3, -0.25) is 9.59 Å². The highest BCUT2D eigenvalue weighted by Crippen LogP contribution is 2.49. The Hall–Kier alpha value is -1.06. The van der Waals surface area contributed by atoms with Crippen molar-refractivity contribution in [1.82, 2.24) is 5.32 Å². The molecule has 1 amide bonds. The second-order valence-electron chi connectivity index (χ2n) is 7.40. The average Bonchev–Trinajstić information content (AvgIpc) is 2.96. The van der Waals surface area contributed by atoms with E-state index in [0.29, 0.717) is 18.8 Å². The molecule has 0 aromatic heterocycles. The fraction of sp³-hybridized carbons (Fsp3) is 0.882. The molecule has 3 fully saturated rings. The lowest BCUT2D eigenvalue weighted by atomic mass is 9.86. The minimum Gasteiger partial charge on any atom is -0.481 e. The van der Waals surface area contributed by atoms with Gasteiger partial charge in [-0.25, -0.2) is 0 Å². The van der Waals surface area contributed by atoms with Gasteiger partial charge in [0, 0.05) is 12.5 Å². The number of hydrogen-bond donors (Lipinski definition) is 2. The summed E-state index contributed by atoms with van der Waals surface area (Å²) in [7, 11) is 0. The standard InChI is InChI=1S/C17H27NO3/c19-16(10-13-9-11-6-7-12(13)8-11)18-15-5-3-1-2-4-14(15)17(20)21/h11-15H,1-10H2,(H,18,19)(H,20,21)/t11?,12?,13?,14-,15+/m1/s1. The number of aliphatic carboxylic acids is 1. The molecule has 3 rings (SSSR count). The van der Waals surface area contributed by atoms with Crippen molar-refractivity contribution in [2.45, 2.75) is 70.3 Å². The van der Waals surface area contributed by atoms with Gasteiger partial charge in [0.25, 0.3) is 0 Å². The van der Waals surface area contributed by atoms with Gasteiger partial charge in [-0.1, -0.05) is 25.7 Å².